The van der Waals surface area contributed by atoms with Gasteiger partial charge in [0.1, 0.15) is 0 Å². The van der Waals surface area contributed by atoms with Crippen molar-refractivity contribution in [3.8, 4) is 6.07 Å². The molecule has 0 heterocycles. The fraction of sp³-hybridized carbons (Fsp3) is 0.308. The molecule has 1 heteroatoms. The maximum atomic E-state index is 8.86. The first kappa shape index (κ1) is 10.5. The molecule has 0 saturated carbocycles. The van der Waals surface area contributed by atoms with Crippen LogP contribution < -0.4 is 0 Å². The summed E-state index contributed by atoms with van der Waals surface area (Å²) < 4.78 is 0. The van der Waals surface area contributed by atoms with E-state index < -0.39 is 0 Å². The second kappa shape index (κ2) is 4.11. The molecule has 0 bridgehead atoms. The van der Waals surface area contributed by atoms with Crippen molar-refractivity contribution in [2.24, 2.45) is 5.41 Å². The molecule has 0 spiro atoms. The summed E-state index contributed by atoms with van der Waals surface area (Å²) in [5.74, 6) is 0. The Morgan fingerprint density at radius 3 is 2.43 bits per heavy atom. The maximum Gasteiger partial charge on any atom is 0.0997 e. The van der Waals surface area contributed by atoms with Gasteiger partial charge in [-0.2, -0.15) is 5.26 Å². The fourth-order valence-corrected chi connectivity index (χ4v) is 1.08. The molecule has 0 unspecified atom stereocenters. The average molecular weight is 185 g/mol. The lowest BCUT2D eigenvalue weighted by atomic mass is 9.94. The lowest BCUT2D eigenvalue weighted by Gasteiger charge is -2.11. The number of hydrogen-bond donors (Lipinski definition) is 0. The average Bonchev–Trinajstić information content (AvgIpc) is 2.14. The maximum absolute atomic E-state index is 8.86. The largest absolute Gasteiger partial charge is 0.192 e. The van der Waals surface area contributed by atoms with E-state index >= 15 is 0 Å². The first-order valence-electron chi connectivity index (χ1n) is 4.71. The van der Waals surface area contributed by atoms with Crippen LogP contribution in [-0.4, -0.2) is 0 Å². The molecule has 0 amide bonds. The van der Waals surface area contributed by atoms with E-state index in [-0.39, 0.29) is 5.41 Å². The zero-order chi connectivity index (χ0) is 10.6. The van der Waals surface area contributed by atoms with Crippen LogP contribution in [0.5, 0.6) is 0 Å². The standard InChI is InChI=1S/C13H15N/c1-13(2,3)9-8-11-6-4-5-7-12(11)10-14/h4-9H,1-3H3/b9-8-. The van der Waals surface area contributed by atoms with Gasteiger partial charge in [0.25, 0.3) is 0 Å². The SMILES string of the molecule is CC(C)(C)/C=C\c1ccccc1C#N. The van der Waals surface area contributed by atoms with Gasteiger partial charge in [-0.3, -0.25) is 0 Å². The number of nitrogens with zero attached hydrogens (tertiary/aromatic N) is 1. The highest BCUT2D eigenvalue weighted by Crippen LogP contribution is 2.18. The first-order chi connectivity index (χ1) is 6.53. The van der Waals surface area contributed by atoms with Crippen molar-refractivity contribution >= 4 is 6.08 Å². The van der Waals surface area contributed by atoms with Gasteiger partial charge >= 0.3 is 0 Å². The number of benzene rings is 1. The van der Waals surface area contributed by atoms with Crippen molar-refractivity contribution in [3.05, 3.63) is 41.5 Å². The molecule has 0 atom stereocenters. The smallest absolute Gasteiger partial charge is 0.0997 e. The van der Waals surface area contributed by atoms with E-state index in [1.165, 1.54) is 0 Å². The van der Waals surface area contributed by atoms with E-state index in [0.29, 0.717) is 0 Å². The zero-order valence-corrected chi connectivity index (χ0v) is 8.91. The predicted molar refractivity (Wildman–Crippen MR) is 59.6 cm³/mol. The number of nitriles is 1. The molecular formula is C13H15N. The molecule has 72 valence electrons. The third-order valence-corrected chi connectivity index (χ3v) is 1.84. The van der Waals surface area contributed by atoms with Gasteiger partial charge in [0.15, 0.2) is 0 Å². The Morgan fingerprint density at radius 2 is 1.86 bits per heavy atom. The van der Waals surface area contributed by atoms with Crippen molar-refractivity contribution < 1.29 is 0 Å². The lowest BCUT2D eigenvalue weighted by molar-refractivity contribution is 0.547. The summed E-state index contributed by atoms with van der Waals surface area (Å²) in [5, 5.41) is 8.86. The molecular weight excluding hydrogens is 170 g/mol. The highest BCUT2D eigenvalue weighted by atomic mass is 14.2. The van der Waals surface area contributed by atoms with E-state index in [1.807, 2.05) is 30.3 Å². The minimum atomic E-state index is 0.155. The van der Waals surface area contributed by atoms with Gasteiger partial charge in [-0.15, -0.1) is 0 Å². The van der Waals surface area contributed by atoms with Crippen molar-refractivity contribution in [2.75, 3.05) is 0 Å². The number of hydrogen-bond acceptors (Lipinski definition) is 1. The molecule has 0 fully saturated rings. The Labute approximate surface area is 85.7 Å². The molecule has 1 aromatic rings. The summed E-state index contributed by atoms with van der Waals surface area (Å²) in [7, 11) is 0. The van der Waals surface area contributed by atoms with Crippen molar-refractivity contribution in [1.29, 1.82) is 5.26 Å². The molecule has 14 heavy (non-hydrogen) atoms. The van der Waals surface area contributed by atoms with Crippen molar-refractivity contribution in [3.63, 3.8) is 0 Å². The predicted octanol–water partition coefficient (Wildman–Crippen LogP) is 3.62. The summed E-state index contributed by atoms with van der Waals surface area (Å²) in [6, 6.07) is 9.80. The van der Waals surface area contributed by atoms with Gasteiger partial charge in [-0.1, -0.05) is 51.1 Å². The Morgan fingerprint density at radius 1 is 1.21 bits per heavy atom. The summed E-state index contributed by atoms with van der Waals surface area (Å²) >= 11 is 0. The molecule has 0 radical (unpaired) electrons. The highest BCUT2D eigenvalue weighted by molar-refractivity contribution is 5.58. The lowest BCUT2D eigenvalue weighted by Crippen LogP contribution is -1.98. The van der Waals surface area contributed by atoms with Gasteiger partial charge < -0.3 is 0 Å². The van der Waals surface area contributed by atoms with E-state index in [9.17, 15) is 0 Å². The van der Waals surface area contributed by atoms with Crippen LogP contribution in [0, 0.1) is 16.7 Å². The Hall–Kier alpha value is -1.55. The molecule has 0 aliphatic heterocycles. The van der Waals surface area contributed by atoms with Crippen molar-refractivity contribution in [1.82, 2.24) is 0 Å². The van der Waals surface area contributed by atoms with Crippen LogP contribution in [0.1, 0.15) is 31.9 Å². The number of allylic oxidation sites excluding steroid dienone is 1. The molecule has 1 aromatic carbocycles. The van der Waals surface area contributed by atoms with Crippen LogP contribution in [-0.2, 0) is 0 Å². The Kier molecular flexibility index (Phi) is 3.09. The van der Waals surface area contributed by atoms with Crippen LogP contribution in [0.4, 0.5) is 0 Å². The van der Waals surface area contributed by atoms with Crippen LogP contribution in [0.25, 0.3) is 6.08 Å². The van der Waals surface area contributed by atoms with Gasteiger partial charge in [-0.25, -0.2) is 0 Å². The molecule has 1 rings (SSSR count). The molecule has 0 aliphatic carbocycles. The first-order valence-corrected chi connectivity index (χ1v) is 4.71. The van der Waals surface area contributed by atoms with Crippen LogP contribution in [0.3, 0.4) is 0 Å². The van der Waals surface area contributed by atoms with Crippen LogP contribution in [0.2, 0.25) is 0 Å². The zero-order valence-electron chi connectivity index (χ0n) is 8.91. The summed E-state index contributed by atoms with van der Waals surface area (Å²) in [6.07, 6.45) is 4.13. The van der Waals surface area contributed by atoms with Crippen LogP contribution in [0.15, 0.2) is 30.3 Å². The second-order valence-electron chi connectivity index (χ2n) is 4.40. The highest BCUT2D eigenvalue weighted by Gasteiger charge is 2.04. The van der Waals surface area contributed by atoms with Gasteiger partial charge in [-0.05, 0) is 17.0 Å². The monoisotopic (exact) mass is 185 g/mol. The molecule has 1 nitrogen and oxygen atoms in total. The van der Waals surface area contributed by atoms with E-state index in [4.69, 9.17) is 5.26 Å². The molecule has 0 aromatic heterocycles. The number of rotatable bonds is 1. The van der Waals surface area contributed by atoms with Gasteiger partial charge in [0.05, 0.1) is 11.6 Å². The molecule has 0 aliphatic rings. The van der Waals surface area contributed by atoms with E-state index in [1.54, 1.807) is 0 Å². The Balaban J connectivity index is 2.99. The Bertz CT molecular complexity index is 375. The van der Waals surface area contributed by atoms with E-state index in [2.05, 4.69) is 32.9 Å². The quantitative estimate of drug-likeness (QED) is 0.655. The fourth-order valence-electron chi connectivity index (χ4n) is 1.08. The minimum Gasteiger partial charge on any atom is -0.192 e. The van der Waals surface area contributed by atoms with Crippen LogP contribution >= 0.6 is 0 Å². The summed E-state index contributed by atoms with van der Waals surface area (Å²) in [5.41, 5.74) is 1.88. The van der Waals surface area contributed by atoms with Crippen molar-refractivity contribution in [2.45, 2.75) is 20.8 Å². The summed E-state index contributed by atoms with van der Waals surface area (Å²) in [4.78, 5) is 0. The van der Waals surface area contributed by atoms with Gasteiger partial charge in [0, 0.05) is 0 Å². The summed E-state index contributed by atoms with van der Waals surface area (Å²) in [6.45, 7) is 6.41. The molecule has 0 N–H and O–H groups in total. The topological polar surface area (TPSA) is 23.8 Å². The minimum absolute atomic E-state index is 0.155. The third kappa shape index (κ3) is 3.06. The molecule has 0 saturated heterocycles. The third-order valence-electron chi connectivity index (χ3n) is 1.84. The van der Waals surface area contributed by atoms with Gasteiger partial charge in [0.2, 0.25) is 0 Å². The second-order valence-corrected chi connectivity index (χ2v) is 4.40. The normalized spacial score (nSPS) is 11.6. The van der Waals surface area contributed by atoms with E-state index in [0.717, 1.165) is 11.1 Å².